The number of rotatable bonds is 2. The number of aromatic nitrogens is 3. The third-order valence-corrected chi connectivity index (χ3v) is 5.15. The number of nitrogens with zero attached hydrogens (tertiary/aromatic N) is 4. The molecule has 4 rings (SSSR count). The number of thioether (sulfide) groups is 1. The van der Waals surface area contributed by atoms with Gasteiger partial charge in [-0.2, -0.15) is 0 Å². The summed E-state index contributed by atoms with van der Waals surface area (Å²) in [4.78, 5) is 6.01. The summed E-state index contributed by atoms with van der Waals surface area (Å²) in [5.74, 6) is 1.70. The average molecular weight is 355 g/mol. The smallest absolute Gasteiger partial charge is 0.159 e. The first-order valence-corrected chi connectivity index (χ1v) is 9.18. The van der Waals surface area contributed by atoms with E-state index in [1.54, 1.807) is 11.8 Å². The Morgan fingerprint density at radius 1 is 1.08 bits per heavy atom. The van der Waals surface area contributed by atoms with Crippen LogP contribution in [0.5, 0.6) is 0 Å². The zero-order valence-electron chi connectivity index (χ0n) is 13.3. The molecule has 0 saturated carbocycles. The highest BCUT2D eigenvalue weighted by atomic mass is 35.5. The minimum Gasteiger partial charge on any atom is -0.281 e. The molecule has 0 radical (unpaired) electrons. The predicted molar refractivity (Wildman–Crippen MR) is 98.7 cm³/mol. The lowest BCUT2D eigenvalue weighted by atomic mass is 10.0. The molecule has 2 aromatic carbocycles. The molecule has 0 atom stereocenters. The Kier molecular flexibility index (Phi) is 3.90. The Morgan fingerprint density at radius 3 is 2.71 bits per heavy atom. The highest BCUT2D eigenvalue weighted by Crippen LogP contribution is 2.30. The molecule has 0 unspecified atom stereocenters. The highest BCUT2D eigenvalue weighted by molar-refractivity contribution is 7.98. The van der Waals surface area contributed by atoms with E-state index in [0.717, 1.165) is 34.2 Å². The van der Waals surface area contributed by atoms with Crippen molar-refractivity contribution in [1.29, 1.82) is 0 Å². The van der Waals surface area contributed by atoms with Crippen molar-refractivity contribution >= 4 is 29.1 Å². The normalized spacial score (nSPS) is 13.0. The van der Waals surface area contributed by atoms with E-state index in [-0.39, 0.29) is 0 Å². The van der Waals surface area contributed by atoms with Gasteiger partial charge in [-0.3, -0.25) is 9.56 Å². The number of aryl methyl sites for hydroxylation is 1. The van der Waals surface area contributed by atoms with E-state index in [2.05, 4.69) is 39.2 Å². The van der Waals surface area contributed by atoms with Gasteiger partial charge >= 0.3 is 0 Å². The summed E-state index contributed by atoms with van der Waals surface area (Å²) in [6.07, 6.45) is 2.07. The lowest BCUT2D eigenvalue weighted by molar-refractivity contribution is 0.861. The van der Waals surface area contributed by atoms with E-state index < -0.39 is 0 Å². The molecule has 0 fully saturated rings. The first kappa shape index (κ1) is 15.4. The summed E-state index contributed by atoms with van der Waals surface area (Å²) in [5, 5.41) is 9.19. The molecule has 3 aromatic rings. The van der Waals surface area contributed by atoms with Gasteiger partial charge in [0.25, 0.3) is 0 Å². The Bertz CT molecular complexity index is 961. The van der Waals surface area contributed by atoms with Crippen molar-refractivity contribution in [3.05, 3.63) is 70.3 Å². The maximum atomic E-state index is 6.45. The SMILES string of the molecule is CSc1ccc2c(c1)C(c1ccccc1Cl)=NCc1nnc(C)n1-2. The van der Waals surface area contributed by atoms with Gasteiger partial charge in [0.2, 0.25) is 0 Å². The monoisotopic (exact) mass is 354 g/mol. The second-order valence-corrected chi connectivity index (χ2v) is 6.81. The van der Waals surface area contributed by atoms with Crippen LogP contribution in [0.1, 0.15) is 22.8 Å². The van der Waals surface area contributed by atoms with E-state index in [4.69, 9.17) is 16.6 Å². The molecule has 0 spiro atoms. The largest absolute Gasteiger partial charge is 0.281 e. The van der Waals surface area contributed by atoms with Crippen molar-refractivity contribution in [1.82, 2.24) is 14.8 Å². The lowest BCUT2D eigenvalue weighted by Crippen LogP contribution is -2.09. The molecule has 0 saturated heterocycles. The Hall–Kier alpha value is -2.11. The minimum atomic E-state index is 0.477. The van der Waals surface area contributed by atoms with Crippen LogP contribution in [0.2, 0.25) is 5.02 Å². The van der Waals surface area contributed by atoms with Crippen molar-refractivity contribution in [2.24, 2.45) is 4.99 Å². The molecule has 0 bridgehead atoms. The van der Waals surface area contributed by atoms with Crippen molar-refractivity contribution in [2.75, 3.05) is 6.26 Å². The zero-order chi connectivity index (χ0) is 16.7. The molecule has 2 heterocycles. The summed E-state index contributed by atoms with van der Waals surface area (Å²) >= 11 is 8.16. The number of aliphatic imine (C=N–C) groups is 1. The van der Waals surface area contributed by atoms with Crippen LogP contribution in [0.3, 0.4) is 0 Å². The van der Waals surface area contributed by atoms with Crippen LogP contribution < -0.4 is 0 Å². The summed E-state index contributed by atoms with van der Waals surface area (Å²) in [5.41, 5.74) is 3.93. The summed E-state index contributed by atoms with van der Waals surface area (Å²) in [6.45, 7) is 2.44. The number of fused-ring (bicyclic) bond motifs is 3. The Morgan fingerprint density at radius 2 is 1.92 bits per heavy atom. The maximum Gasteiger partial charge on any atom is 0.159 e. The lowest BCUT2D eigenvalue weighted by Gasteiger charge is -2.14. The summed E-state index contributed by atoms with van der Waals surface area (Å²) in [7, 11) is 0. The summed E-state index contributed by atoms with van der Waals surface area (Å²) in [6, 6.07) is 14.2. The van der Waals surface area contributed by atoms with Gasteiger partial charge in [-0.25, -0.2) is 0 Å². The number of benzene rings is 2. The van der Waals surface area contributed by atoms with Crippen LogP contribution in [-0.2, 0) is 6.54 Å². The maximum absolute atomic E-state index is 6.45. The van der Waals surface area contributed by atoms with E-state index in [0.29, 0.717) is 11.6 Å². The topological polar surface area (TPSA) is 43.1 Å². The molecule has 120 valence electrons. The van der Waals surface area contributed by atoms with Gasteiger partial charge in [0.1, 0.15) is 12.4 Å². The first-order valence-electron chi connectivity index (χ1n) is 7.58. The molecule has 4 nitrogen and oxygen atoms in total. The Balaban J connectivity index is 2.02. The van der Waals surface area contributed by atoms with Gasteiger partial charge in [-0.1, -0.05) is 29.8 Å². The number of halogens is 1. The molecule has 24 heavy (non-hydrogen) atoms. The zero-order valence-corrected chi connectivity index (χ0v) is 14.9. The quantitative estimate of drug-likeness (QED) is 0.644. The Labute approximate surface area is 149 Å². The van der Waals surface area contributed by atoms with Gasteiger partial charge in [0, 0.05) is 21.0 Å². The van der Waals surface area contributed by atoms with Crippen molar-refractivity contribution in [2.45, 2.75) is 18.4 Å². The molecule has 0 aliphatic carbocycles. The molecular weight excluding hydrogens is 340 g/mol. The molecular formula is C18H15ClN4S. The van der Waals surface area contributed by atoms with Gasteiger partial charge in [0.05, 0.1) is 11.4 Å². The second-order valence-electron chi connectivity index (χ2n) is 5.53. The molecule has 1 aliphatic rings. The van der Waals surface area contributed by atoms with Gasteiger partial charge in [-0.15, -0.1) is 22.0 Å². The number of hydrogen-bond acceptors (Lipinski definition) is 4. The van der Waals surface area contributed by atoms with Crippen LogP contribution in [-0.4, -0.2) is 26.7 Å². The molecule has 6 heteroatoms. The molecule has 0 N–H and O–H groups in total. The van der Waals surface area contributed by atoms with E-state index >= 15 is 0 Å². The third kappa shape index (κ3) is 2.44. The molecule has 0 amide bonds. The van der Waals surface area contributed by atoms with E-state index in [9.17, 15) is 0 Å². The van der Waals surface area contributed by atoms with Crippen LogP contribution in [0.25, 0.3) is 5.69 Å². The van der Waals surface area contributed by atoms with Gasteiger partial charge in [0.15, 0.2) is 5.82 Å². The molecule has 1 aliphatic heterocycles. The number of hydrogen-bond donors (Lipinski definition) is 0. The average Bonchev–Trinajstić information content (AvgIpc) is 2.88. The second kappa shape index (κ2) is 6.07. The van der Waals surface area contributed by atoms with E-state index in [1.807, 2.05) is 31.2 Å². The standard InChI is InChI=1S/C18H15ClN4S/c1-11-21-22-17-10-20-18(13-5-3-4-6-15(13)19)14-9-12(24-2)7-8-16(14)23(11)17/h3-9H,10H2,1-2H3. The molecule has 1 aromatic heterocycles. The minimum absolute atomic E-state index is 0.477. The highest BCUT2D eigenvalue weighted by Gasteiger charge is 2.22. The van der Waals surface area contributed by atoms with Crippen LogP contribution in [0.4, 0.5) is 0 Å². The van der Waals surface area contributed by atoms with Gasteiger partial charge in [-0.05, 0) is 37.4 Å². The first-order chi connectivity index (χ1) is 11.7. The van der Waals surface area contributed by atoms with Gasteiger partial charge < -0.3 is 0 Å². The fourth-order valence-corrected chi connectivity index (χ4v) is 3.63. The fraction of sp³-hybridized carbons (Fsp3) is 0.167. The van der Waals surface area contributed by atoms with Crippen molar-refractivity contribution in [3.8, 4) is 5.69 Å². The van der Waals surface area contributed by atoms with Crippen LogP contribution >= 0.6 is 23.4 Å². The van der Waals surface area contributed by atoms with E-state index in [1.165, 1.54) is 4.90 Å². The van der Waals surface area contributed by atoms with Crippen molar-refractivity contribution < 1.29 is 0 Å². The van der Waals surface area contributed by atoms with Crippen molar-refractivity contribution in [3.63, 3.8) is 0 Å². The van der Waals surface area contributed by atoms with Crippen LogP contribution in [0.15, 0.2) is 52.4 Å². The fourth-order valence-electron chi connectivity index (χ4n) is 2.97. The third-order valence-electron chi connectivity index (χ3n) is 4.10. The van der Waals surface area contributed by atoms with Crippen LogP contribution in [0, 0.1) is 6.92 Å². The summed E-state index contributed by atoms with van der Waals surface area (Å²) < 4.78 is 2.08. The predicted octanol–water partition coefficient (Wildman–Crippen LogP) is 4.30.